The van der Waals surface area contributed by atoms with Crippen LogP contribution in [-0.2, 0) is 27.8 Å². The zero-order valence-corrected chi connectivity index (χ0v) is 20.3. The predicted octanol–water partition coefficient (Wildman–Crippen LogP) is 3.17. The largest absolute Gasteiger partial charge is 0.444 e. The highest BCUT2D eigenvalue weighted by Crippen LogP contribution is 2.13. The molecule has 0 radical (unpaired) electrons. The van der Waals surface area contributed by atoms with Crippen LogP contribution in [0.4, 0.5) is 10.6 Å². The normalized spacial score (nSPS) is 12.5. The van der Waals surface area contributed by atoms with E-state index in [0.29, 0.717) is 18.7 Å². The Bertz CT molecular complexity index is 947. The number of hydrogen-bond donors (Lipinski definition) is 3. The summed E-state index contributed by atoms with van der Waals surface area (Å²) in [5.41, 5.74) is -0.829. The van der Waals surface area contributed by atoms with Gasteiger partial charge in [0.15, 0.2) is 5.82 Å². The highest BCUT2D eigenvalue weighted by atomic mass is 16.6. The van der Waals surface area contributed by atoms with E-state index in [1.807, 2.05) is 30.3 Å². The van der Waals surface area contributed by atoms with Crippen molar-refractivity contribution in [3.05, 3.63) is 48.4 Å². The molecule has 2 rings (SSSR count). The van der Waals surface area contributed by atoms with Gasteiger partial charge in [-0.05, 0) is 59.4 Å². The molecule has 1 unspecified atom stereocenters. The van der Waals surface area contributed by atoms with Gasteiger partial charge in [-0.25, -0.2) is 9.78 Å². The number of rotatable bonds is 9. The van der Waals surface area contributed by atoms with Crippen LogP contribution in [0.3, 0.4) is 0 Å². The number of amides is 3. The molecule has 9 heteroatoms. The van der Waals surface area contributed by atoms with Crippen molar-refractivity contribution >= 4 is 23.7 Å². The Labute approximate surface area is 195 Å². The van der Waals surface area contributed by atoms with Crippen LogP contribution in [0.5, 0.6) is 0 Å². The zero-order valence-electron chi connectivity index (χ0n) is 20.3. The van der Waals surface area contributed by atoms with Gasteiger partial charge in [-0.1, -0.05) is 30.3 Å². The van der Waals surface area contributed by atoms with Gasteiger partial charge in [0.25, 0.3) is 0 Å². The summed E-state index contributed by atoms with van der Waals surface area (Å²) in [6.45, 7) is 8.34. The second-order valence-corrected chi connectivity index (χ2v) is 9.57. The summed E-state index contributed by atoms with van der Waals surface area (Å²) in [7, 11) is 1.80. The first-order valence-corrected chi connectivity index (χ1v) is 11.0. The fourth-order valence-electron chi connectivity index (χ4n) is 3.07. The van der Waals surface area contributed by atoms with Gasteiger partial charge in [0.1, 0.15) is 17.2 Å². The van der Waals surface area contributed by atoms with E-state index in [-0.39, 0.29) is 5.91 Å². The minimum absolute atomic E-state index is 0.372. The van der Waals surface area contributed by atoms with E-state index in [1.54, 1.807) is 58.8 Å². The molecule has 0 aliphatic rings. The lowest BCUT2D eigenvalue weighted by Gasteiger charge is -2.29. The Morgan fingerprint density at radius 1 is 1.09 bits per heavy atom. The quantitative estimate of drug-likeness (QED) is 0.535. The first-order chi connectivity index (χ1) is 15.4. The van der Waals surface area contributed by atoms with Crippen LogP contribution in [0, 0.1) is 0 Å². The highest BCUT2D eigenvalue weighted by molar-refractivity contribution is 5.98. The smallest absolute Gasteiger partial charge is 0.408 e. The summed E-state index contributed by atoms with van der Waals surface area (Å²) in [5, 5.41) is 8.10. The number of carbonyl (C=O) groups excluding carboxylic acids is 3. The minimum atomic E-state index is -1.29. The lowest BCUT2D eigenvalue weighted by Crippen LogP contribution is -2.58. The molecule has 1 atom stereocenters. The number of hydrogen-bond acceptors (Lipinski definition) is 5. The number of carbonyl (C=O) groups is 3. The van der Waals surface area contributed by atoms with Crippen molar-refractivity contribution in [3.8, 4) is 0 Å². The van der Waals surface area contributed by atoms with Crippen LogP contribution in [0.1, 0.15) is 53.0 Å². The number of ether oxygens (including phenoxy) is 1. The first-order valence-electron chi connectivity index (χ1n) is 11.0. The highest BCUT2D eigenvalue weighted by Gasteiger charge is 2.34. The van der Waals surface area contributed by atoms with E-state index in [0.717, 1.165) is 12.0 Å². The molecule has 3 N–H and O–H groups in total. The molecule has 0 aliphatic heterocycles. The van der Waals surface area contributed by atoms with Gasteiger partial charge in [0, 0.05) is 13.2 Å². The third kappa shape index (κ3) is 8.96. The van der Waals surface area contributed by atoms with Gasteiger partial charge in [-0.3, -0.25) is 9.59 Å². The van der Waals surface area contributed by atoms with Crippen LogP contribution in [-0.4, -0.2) is 44.6 Å². The van der Waals surface area contributed by atoms with Gasteiger partial charge in [-0.15, -0.1) is 0 Å². The Kier molecular flexibility index (Phi) is 8.62. The predicted molar refractivity (Wildman–Crippen MR) is 127 cm³/mol. The third-order valence-corrected chi connectivity index (χ3v) is 4.76. The van der Waals surface area contributed by atoms with Gasteiger partial charge in [0.05, 0.1) is 6.33 Å². The van der Waals surface area contributed by atoms with Crippen molar-refractivity contribution in [2.75, 3.05) is 5.32 Å². The van der Waals surface area contributed by atoms with Crippen LogP contribution < -0.4 is 16.0 Å². The summed E-state index contributed by atoms with van der Waals surface area (Å²) in [5.74, 6) is -0.464. The van der Waals surface area contributed by atoms with E-state index < -0.39 is 29.2 Å². The number of nitrogens with zero attached hydrogens (tertiary/aromatic N) is 2. The fraction of sp³-hybridized carbons (Fsp3) is 0.500. The molecule has 3 amide bonds. The maximum Gasteiger partial charge on any atom is 0.408 e. The molecule has 2 aromatic rings. The number of aryl methyl sites for hydroxylation is 2. The molecular formula is C24H35N5O4. The van der Waals surface area contributed by atoms with Crippen LogP contribution >= 0.6 is 0 Å². The van der Waals surface area contributed by atoms with Crippen molar-refractivity contribution in [2.45, 2.75) is 71.1 Å². The number of aromatic nitrogens is 2. The van der Waals surface area contributed by atoms with Crippen LogP contribution in [0.25, 0.3) is 0 Å². The molecule has 0 aliphatic carbocycles. The molecule has 33 heavy (non-hydrogen) atoms. The van der Waals surface area contributed by atoms with Gasteiger partial charge in [-0.2, -0.15) is 0 Å². The maximum atomic E-state index is 13.0. The number of anilines is 1. The Morgan fingerprint density at radius 2 is 1.76 bits per heavy atom. The lowest BCUT2D eigenvalue weighted by atomic mass is 10.0. The molecular weight excluding hydrogens is 422 g/mol. The van der Waals surface area contributed by atoms with E-state index in [4.69, 9.17) is 4.74 Å². The zero-order chi connectivity index (χ0) is 24.6. The van der Waals surface area contributed by atoms with E-state index in [9.17, 15) is 14.4 Å². The number of alkyl carbamates (subject to hydrolysis) is 1. The summed E-state index contributed by atoms with van der Waals surface area (Å²) < 4.78 is 6.97. The van der Waals surface area contributed by atoms with Crippen molar-refractivity contribution in [3.63, 3.8) is 0 Å². The monoisotopic (exact) mass is 457 g/mol. The molecule has 9 nitrogen and oxygen atoms in total. The van der Waals surface area contributed by atoms with Crippen molar-refractivity contribution in [2.24, 2.45) is 7.05 Å². The lowest BCUT2D eigenvalue weighted by molar-refractivity contribution is -0.130. The van der Waals surface area contributed by atoms with E-state index >= 15 is 0 Å². The van der Waals surface area contributed by atoms with Gasteiger partial charge >= 0.3 is 6.09 Å². The Morgan fingerprint density at radius 3 is 2.33 bits per heavy atom. The standard InChI is InChI=1S/C24H35N5O4/c1-23(2,3)33-22(32)28-24(4,5)21(31)26-18(14-10-13-17-11-8-7-9-12-17)20(30)27-19-15-29(6)16-25-19/h7-9,11-12,15-16,18H,10,13-14H2,1-6H3,(H,26,31)(H,27,30)(H,28,32). The average Bonchev–Trinajstić information content (AvgIpc) is 3.10. The van der Waals surface area contributed by atoms with Crippen molar-refractivity contribution in [1.82, 2.24) is 20.2 Å². The molecule has 0 bridgehead atoms. The topological polar surface area (TPSA) is 114 Å². The second kappa shape index (κ2) is 11.0. The number of nitrogens with one attached hydrogen (secondary N) is 3. The molecule has 1 heterocycles. The van der Waals surface area contributed by atoms with Crippen molar-refractivity contribution < 1.29 is 19.1 Å². The molecule has 0 fully saturated rings. The van der Waals surface area contributed by atoms with Crippen LogP contribution in [0.15, 0.2) is 42.9 Å². The number of imidazole rings is 1. The summed E-state index contributed by atoms with van der Waals surface area (Å²) in [6.07, 6.45) is 4.41. The molecule has 1 aromatic carbocycles. The van der Waals surface area contributed by atoms with Gasteiger partial charge < -0.3 is 25.3 Å². The SMILES string of the molecule is Cn1cnc(NC(=O)C(CCCc2ccccc2)NC(=O)C(C)(C)NC(=O)OC(C)(C)C)c1. The van der Waals surface area contributed by atoms with Crippen LogP contribution in [0.2, 0.25) is 0 Å². The summed E-state index contributed by atoms with van der Waals surface area (Å²) in [6, 6.07) is 9.13. The Hall–Kier alpha value is -3.36. The molecule has 180 valence electrons. The summed E-state index contributed by atoms with van der Waals surface area (Å²) in [4.78, 5) is 42.2. The molecule has 1 aromatic heterocycles. The Balaban J connectivity index is 2.06. The van der Waals surface area contributed by atoms with Gasteiger partial charge in [0.2, 0.25) is 11.8 Å². The average molecular weight is 458 g/mol. The van der Waals surface area contributed by atoms with E-state index in [2.05, 4.69) is 20.9 Å². The maximum absolute atomic E-state index is 13.0. The molecule has 0 spiro atoms. The molecule has 0 saturated heterocycles. The third-order valence-electron chi connectivity index (χ3n) is 4.76. The van der Waals surface area contributed by atoms with E-state index in [1.165, 1.54) is 0 Å². The fourth-order valence-corrected chi connectivity index (χ4v) is 3.07. The summed E-state index contributed by atoms with van der Waals surface area (Å²) >= 11 is 0. The molecule has 0 saturated carbocycles. The minimum Gasteiger partial charge on any atom is -0.444 e. The number of benzene rings is 1. The second-order valence-electron chi connectivity index (χ2n) is 9.57. The first kappa shape index (κ1) is 25.9. The van der Waals surface area contributed by atoms with Crippen molar-refractivity contribution in [1.29, 1.82) is 0 Å².